The summed E-state index contributed by atoms with van der Waals surface area (Å²) in [6, 6.07) is 0. The third kappa shape index (κ3) is 3.59. The van der Waals surface area contributed by atoms with Crippen molar-refractivity contribution in [3.8, 4) is 0 Å². The van der Waals surface area contributed by atoms with Crippen LogP contribution in [0.5, 0.6) is 0 Å². The zero-order chi connectivity index (χ0) is 9.68. The predicted octanol–water partition coefficient (Wildman–Crippen LogP) is 2.47. The van der Waals surface area contributed by atoms with Crippen molar-refractivity contribution in [2.75, 3.05) is 12.9 Å². The predicted molar refractivity (Wildman–Crippen MR) is 55.9 cm³/mol. The molecule has 13 heavy (non-hydrogen) atoms. The minimum atomic E-state index is -0.0244. The quantitative estimate of drug-likeness (QED) is 0.489. The van der Waals surface area contributed by atoms with E-state index in [1.54, 1.807) is 11.8 Å². The van der Waals surface area contributed by atoms with Gasteiger partial charge in [-0.05, 0) is 30.9 Å². The standard InChI is InChI=1S/C10H18O2S/c1-3-4-7-13-9(8-5-6-8)10(11)12-2/h8-9H,3-7H2,1-2H3. The zero-order valence-electron chi connectivity index (χ0n) is 8.41. The molecule has 0 aromatic rings. The van der Waals surface area contributed by atoms with E-state index < -0.39 is 0 Å². The lowest BCUT2D eigenvalue weighted by Crippen LogP contribution is -2.21. The minimum Gasteiger partial charge on any atom is -0.468 e. The number of rotatable bonds is 6. The number of unbranched alkanes of at least 4 members (excludes halogenated alkanes) is 1. The Morgan fingerprint density at radius 3 is 2.77 bits per heavy atom. The van der Waals surface area contributed by atoms with Crippen LogP contribution in [0.1, 0.15) is 32.6 Å². The van der Waals surface area contributed by atoms with Crippen molar-refractivity contribution in [2.45, 2.75) is 37.9 Å². The van der Waals surface area contributed by atoms with E-state index in [0.29, 0.717) is 5.92 Å². The fourth-order valence-corrected chi connectivity index (χ4v) is 2.75. The number of hydrogen-bond acceptors (Lipinski definition) is 3. The van der Waals surface area contributed by atoms with Crippen molar-refractivity contribution in [3.05, 3.63) is 0 Å². The van der Waals surface area contributed by atoms with Crippen molar-refractivity contribution < 1.29 is 9.53 Å². The Morgan fingerprint density at radius 1 is 1.62 bits per heavy atom. The highest BCUT2D eigenvalue weighted by Gasteiger charge is 2.36. The summed E-state index contributed by atoms with van der Waals surface area (Å²) in [5.74, 6) is 1.67. The molecule has 0 N–H and O–H groups in total. The van der Waals surface area contributed by atoms with Gasteiger partial charge in [-0.2, -0.15) is 0 Å². The van der Waals surface area contributed by atoms with E-state index in [2.05, 4.69) is 6.92 Å². The van der Waals surface area contributed by atoms with Crippen molar-refractivity contribution in [1.29, 1.82) is 0 Å². The molecule has 3 heteroatoms. The number of thioether (sulfide) groups is 1. The Balaban J connectivity index is 2.25. The minimum absolute atomic E-state index is 0.0244. The lowest BCUT2D eigenvalue weighted by atomic mass is 10.3. The Kier molecular flexibility index (Phi) is 4.64. The second-order valence-corrected chi connectivity index (χ2v) is 4.75. The summed E-state index contributed by atoms with van der Waals surface area (Å²) in [6.07, 6.45) is 4.81. The average molecular weight is 202 g/mol. The molecule has 1 rings (SSSR count). The zero-order valence-corrected chi connectivity index (χ0v) is 9.23. The van der Waals surface area contributed by atoms with Crippen LogP contribution in [0.3, 0.4) is 0 Å². The van der Waals surface area contributed by atoms with Gasteiger partial charge in [0.1, 0.15) is 5.25 Å². The van der Waals surface area contributed by atoms with Gasteiger partial charge in [0.2, 0.25) is 0 Å². The van der Waals surface area contributed by atoms with Crippen LogP contribution in [-0.4, -0.2) is 24.1 Å². The molecule has 1 aliphatic carbocycles. The summed E-state index contributed by atoms with van der Waals surface area (Å²) in [6.45, 7) is 2.17. The summed E-state index contributed by atoms with van der Waals surface area (Å²) in [7, 11) is 1.48. The lowest BCUT2D eigenvalue weighted by Gasteiger charge is -2.12. The Morgan fingerprint density at radius 2 is 2.31 bits per heavy atom. The van der Waals surface area contributed by atoms with Gasteiger partial charge in [-0.3, -0.25) is 4.79 Å². The number of carbonyl (C=O) groups excluding carboxylic acids is 1. The lowest BCUT2D eigenvalue weighted by molar-refractivity contribution is -0.140. The van der Waals surface area contributed by atoms with Crippen molar-refractivity contribution >= 4 is 17.7 Å². The van der Waals surface area contributed by atoms with E-state index in [4.69, 9.17) is 4.74 Å². The van der Waals surface area contributed by atoms with E-state index >= 15 is 0 Å². The molecule has 1 fully saturated rings. The second kappa shape index (κ2) is 5.53. The largest absolute Gasteiger partial charge is 0.468 e. The molecule has 0 heterocycles. The highest BCUT2D eigenvalue weighted by Crippen LogP contribution is 2.39. The maximum Gasteiger partial charge on any atom is 0.319 e. The number of hydrogen-bond donors (Lipinski definition) is 0. The van der Waals surface area contributed by atoms with Crippen molar-refractivity contribution in [1.82, 2.24) is 0 Å². The molecule has 0 amide bonds. The molecule has 1 unspecified atom stereocenters. The summed E-state index contributed by atoms with van der Waals surface area (Å²) in [4.78, 5) is 11.3. The van der Waals surface area contributed by atoms with Crippen LogP contribution < -0.4 is 0 Å². The summed E-state index contributed by atoms with van der Waals surface area (Å²) in [5, 5.41) is 0.122. The van der Waals surface area contributed by atoms with Crippen LogP contribution >= 0.6 is 11.8 Å². The molecule has 0 aromatic carbocycles. The highest BCUT2D eigenvalue weighted by atomic mass is 32.2. The number of carbonyl (C=O) groups is 1. The molecule has 1 atom stereocenters. The van der Waals surface area contributed by atoms with E-state index in [9.17, 15) is 4.79 Å². The molecule has 0 aromatic heterocycles. The van der Waals surface area contributed by atoms with Gasteiger partial charge in [0.05, 0.1) is 7.11 Å². The molecule has 0 saturated heterocycles. The first kappa shape index (κ1) is 10.9. The van der Waals surface area contributed by atoms with Crippen LogP contribution in [0.15, 0.2) is 0 Å². The first-order chi connectivity index (χ1) is 6.29. The molecule has 2 nitrogen and oxygen atoms in total. The van der Waals surface area contributed by atoms with Crippen LogP contribution in [0.2, 0.25) is 0 Å². The van der Waals surface area contributed by atoms with Gasteiger partial charge in [0, 0.05) is 0 Å². The number of esters is 1. The van der Waals surface area contributed by atoms with Gasteiger partial charge >= 0.3 is 5.97 Å². The number of methoxy groups -OCH3 is 1. The third-order valence-corrected chi connectivity index (χ3v) is 3.74. The van der Waals surface area contributed by atoms with Crippen LogP contribution in [0, 0.1) is 5.92 Å². The van der Waals surface area contributed by atoms with E-state index in [-0.39, 0.29) is 11.2 Å². The molecule has 1 saturated carbocycles. The normalized spacial score (nSPS) is 18.3. The summed E-state index contributed by atoms with van der Waals surface area (Å²) >= 11 is 1.77. The van der Waals surface area contributed by atoms with Crippen molar-refractivity contribution in [2.24, 2.45) is 5.92 Å². The summed E-state index contributed by atoms with van der Waals surface area (Å²) < 4.78 is 4.78. The molecular formula is C10H18O2S. The third-order valence-electron chi connectivity index (χ3n) is 2.28. The summed E-state index contributed by atoms with van der Waals surface area (Å²) in [5.41, 5.74) is 0. The maximum absolute atomic E-state index is 11.3. The fraction of sp³-hybridized carbons (Fsp3) is 0.900. The molecule has 76 valence electrons. The molecule has 0 aliphatic heterocycles. The topological polar surface area (TPSA) is 26.3 Å². The molecule has 0 bridgehead atoms. The maximum atomic E-state index is 11.3. The van der Waals surface area contributed by atoms with Crippen LogP contribution in [0.4, 0.5) is 0 Å². The smallest absolute Gasteiger partial charge is 0.319 e. The monoisotopic (exact) mass is 202 g/mol. The van der Waals surface area contributed by atoms with Gasteiger partial charge in [0.25, 0.3) is 0 Å². The first-order valence-corrected chi connectivity index (χ1v) is 6.04. The van der Waals surface area contributed by atoms with Crippen LogP contribution in [-0.2, 0) is 9.53 Å². The Bertz CT molecular complexity index is 166. The molecule has 0 radical (unpaired) electrons. The molecule has 1 aliphatic rings. The average Bonchev–Trinajstić information content (AvgIpc) is 2.95. The molecule has 0 spiro atoms. The van der Waals surface area contributed by atoms with E-state index in [0.717, 1.165) is 5.75 Å². The van der Waals surface area contributed by atoms with Gasteiger partial charge < -0.3 is 4.74 Å². The van der Waals surface area contributed by atoms with Gasteiger partial charge in [0.15, 0.2) is 0 Å². The second-order valence-electron chi connectivity index (χ2n) is 3.51. The van der Waals surface area contributed by atoms with Gasteiger partial charge in [-0.1, -0.05) is 13.3 Å². The van der Waals surface area contributed by atoms with E-state index in [1.165, 1.54) is 32.8 Å². The van der Waals surface area contributed by atoms with Gasteiger partial charge in [-0.25, -0.2) is 0 Å². The SMILES string of the molecule is CCCCSC(C(=O)OC)C1CC1. The molecular weight excluding hydrogens is 184 g/mol. The highest BCUT2D eigenvalue weighted by molar-refractivity contribution is 8.00. The Hall–Kier alpha value is -0.180. The van der Waals surface area contributed by atoms with Gasteiger partial charge in [-0.15, -0.1) is 11.8 Å². The van der Waals surface area contributed by atoms with Crippen LogP contribution in [0.25, 0.3) is 0 Å². The first-order valence-electron chi connectivity index (χ1n) is 4.99. The Labute approximate surface area is 84.4 Å². The fourth-order valence-electron chi connectivity index (χ4n) is 1.27. The van der Waals surface area contributed by atoms with Crippen molar-refractivity contribution in [3.63, 3.8) is 0 Å². The van der Waals surface area contributed by atoms with E-state index in [1.807, 2.05) is 0 Å². The number of ether oxygens (including phenoxy) is 1.